The zero-order valence-corrected chi connectivity index (χ0v) is 18.8. The lowest BCUT2D eigenvalue weighted by molar-refractivity contribution is -0.381. The van der Waals surface area contributed by atoms with E-state index in [4.69, 9.17) is 19.2 Å². The summed E-state index contributed by atoms with van der Waals surface area (Å²) in [5.41, 5.74) is -0.474. The summed E-state index contributed by atoms with van der Waals surface area (Å²) in [4.78, 5) is 12.2. The molecule has 7 heteroatoms. The second-order valence-electron chi connectivity index (χ2n) is 10.9. The van der Waals surface area contributed by atoms with E-state index >= 15 is 0 Å². The van der Waals surface area contributed by atoms with Gasteiger partial charge in [-0.1, -0.05) is 22.4 Å². The van der Waals surface area contributed by atoms with Crippen LogP contribution in [-0.2, 0) is 19.2 Å². The summed E-state index contributed by atoms with van der Waals surface area (Å²) < 4.78 is 13.1. The molecule has 2 aliphatic heterocycles. The van der Waals surface area contributed by atoms with Gasteiger partial charge in [0, 0.05) is 30.1 Å². The van der Waals surface area contributed by atoms with E-state index in [0.717, 1.165) is 43.7 Å². The maximum Gasteiger partial charge on any atom is 0.210 e. The van der Waals surface area contributed by atoms with Crippen LogP contribution in [-0.4, -0.2) is 53.1 Å². The zero-order chi connectivity index (χ0) is 20.3. The van der Waals surface area contributed by atoms with E-state index in [1.54, 1.807) is 0 Å². The van der Waals surface area contributed by atoms with E-state index in [2.05, 4.69) is 13.8 Å². The van der Waals surface area contributed by atoms with Crippen molar-refractivity contribution >= 4 is 8.58 Å². The topological polar surface area (TPSA) is 77.4 Å². The molecule has 0 aromatic heterocycles. The first-order valence-corrected chi connectivity index (χ1v) is 12.7. The van der Waals surface area contributed by atoms with Crippen molar-refractivity contribution in [3.05, 3.63) is 0 Å². The third-order valence-electron chi connectivity index (χ3n) is 8.58. The number of fused-ring (bicyclic) bond motifs is 3. The Morgan fingerprint density at radius 2 is 1.69 bits per heavy atom. The molecule has 166 valence electrons. The van der Waals surface area contributed by atoms with Gasteiger partial charge < -0.3 is 19.7 Å². The van der Waals surface area contributed by atoms with Gasteiger partial charge in [-0.25, -0.2) is 0 Å². The van der Waals surface area contributed by atoms with Crippen molar-refractivity contribution in [1.29, 1.82) is 0 Å². The van der Waals surface area contributed by atoms with Crippen LogP contribution >= 0.6 is 8.58 Å². The number of ether oxygens (including phenoxy) is 2. The normalized spacial score (nSPS) is 52.6. The first-order chi connectivity index (χ1) is 13.9. The molecule has 3 aliphatic carbocycles. The van der Waals surface area contributed by atoms with E-state index in [-0.39, 0.29) is 18.6 Å². The van der Waals surface area contributed by atoms with Crippen LogP contribution in [0, 0.1) is 29.1 Å². The number of aliphatic hydroxyl groups is 2. The van der Waals surface area contributed by atoms with Gasteiger partial charge in [0.25, 0.3) is 0 Å². The van der Waals surface area contributed by atoms with Gasteiger partial charge in [-0.3, -0.25) is 0 Å². The predicted molar refractivity (Wildman–Crippen MR) is 109 cm³/mol. The molecule has 0 radical (unpaired) electrons. The monoisotopic (exact) mass is 428 g/mol. The smallest absolute Gasteiger partial charge is 0.210 e. The van der Waals surface area contributed by atoms with Crippen LogP contribution in [0.3, 0.4) is 0 Å². The molecule has 0 aromatic carbocycles. The number of hydrogen-bond acceptors (Lipinski definition) is 6. The molecule has 0 aromatic rings. The van der Waals surface area contributed by atoms with Crippen molar-refractivity contribution in [2.45, 2.75) is 82.1 Å². The maximum atomic E-state index is 9.66. The summed E-state index contributed by atoms with van der Waals surface area (Å²) in [6, 6.07) is 0. The van der Waals surface area contributed by atoms with Crippen molar-refractivity contribution < 1.29 is 29.5 Å². The molecule has 2 N–H and O–H groups in total. The van der Waals surface area contributed by atoms with Crippen LogP contribution in [0.2, 0.25) is 0 Å². The summed E-state index contributed by atoms with van der Waals surface area (Å²) in [5.74, 6) is 1.11. The van der Waals surface area contributed by atoms with Crippen molar-refractivity contribution in [3.8, 4) is 0 Å². The van der Waals surface area contributed by atoms with E-state index < -0.39 is 17.0 Å². The second kappa shape index (κ2) is 7.37. The number of rotatable bonds is 2. The molecular weight excluding hydrogens is 391 g/mol. The van der Waals surface area contributed by atoms with Gasteiger partial charge in [-0.2, -0.15) is 9.78 Å². The van der Waals surface area contributed by atoms with Crippen LogP contribution in [0.15, 0.2) is 0 Å². The lowest BCUT2D eigenvalue weighted by atomic mass is 9.62. The summed E-state index contributed by atoms with van der Waals surface area (Å²) in [6.45, 7) is 5.03. The van der Waals surface area contributed by atoms with E-state index in [1.807, 2.05) is 0 Å². The fourth-order valence-electron chi connectivity index (χ4n) is 6.67. The fraction of sp³-hybridized carbons (Fsp3) is 1.00. The highest BCUT2D eigenvalue weighted by molar-refractivity contribution is 7.39. The number of hydrogen-bond donors (Lipinski definition) is 2. The molecule has 6 atom stereocenters. The van der Waals surface area contributed by atoms with Crippen molar-refractivity contribution in [1.82, 2.24) is 0 Å². The molecule has 3 spiro atoms. The predicted octanol–water partition coefficient (Wildman–Crippen LogP) is 3.40. The minimum Gasteiger partial charge on any atom is -0.396 e. The first-order valence-electron chi connectivity index (χ1n) is 11.5. The highest BCUT2D eigenvalue weighted by Gasteiger charge is 2.64. The number of aliphatic hydroxyl groups excluding tert-OH is 2. The van der Waals surface area contributed by atoms with Gasteiger partial charge in [-0.15, -0.1) is 0 Å². The second-order valence-corrected chi connectivity index (χ2v) is 12.5. The Morgan fingerprint density at radius 3 is 2.34 bits per heavy atom. The van der Waals surface area contributed by atoms with Gasteiger partial charge in [0.1, 0.15) is 0 Å². The molecule has 6 unspecified atom stereocenters. The fourth-order valence-corrected chi connectivity index (χ4v) is 8.47. The molecule has 2 bridgehead atoms. The largest absolute Gasteiger partial charge is 0.396 e. The minimum atomic E-state index is -0.636. The molecule has 3 saturated carbocycles. The first kappa shape index (κ1) is 21.1. The lowest BCUT2D eigenvalue weighted by Crippen LogP contribution is -2.55. The third-order valence-corrected chi connectivity index (χ3v) is 10.8. The Bertz CT molecular complexity index is 600. The molecule has 2 saturated heterocycles. The molecule has 6 nitrogen and oxygen atoms in total. The van der Waals surface area contributed by atoms with Crippen LogP contribution in [0.1, 0.15) is 65.2 Å². The Balaban J connectivity index is 1.26. The quantitative estimate of drug-likeness (QED) is 0.519. The van der Waals surface area contributed by atoms with Crippen LogP contribution in [0.5, 0.6) is 0 Å². The van der Waals surface area contributed by atoms with Crippen LogP contribution < -0.4 is 0 Å². The summed E-state index contributed by atoms with van der Waals surface area (Å²) in [7, 11) is 0.582. The Morgan fingerprint density at radius 1 is 0.931 bits per heavy atom. The highest BCUT2D eigenvalue weighted by atomic mass is 31.1. The van der Waals surface area contributed by atoms with Crippen molar-refractivity contribution in [2.24, 2.45) is 29.1 Å². The van der Waals surface area contributed by atoms with Crippen LogP contribution in [0.25, 0.3) is 0 Å². The lowest BCUT2D eigenvalue weighted by Gasteiger charge is -2.51. The van der Waals surface area contributed by atoms with Gasteiger partial charge in [0.05, 0.1) is 25.2 Å². The van der Waals surface area contributed by atoms with E-state index in [0.29, 0.717) is 27.0 Å². The standard InChI is InChI=1S/C22H37O6P/c1-15-7-17-9-16(2)22(18(8-15)10-17)26-20(27-28-22)3-5-21(6-4-20)25-13-19(11-23,12-24)14-29-21/h15-18,23-24,29H,3-14H2,1-2H3. The molecule has 5 aliphatic rings. The average Bonchev–Trinajstić information content (AvgIpc) is 3.11. The molecule has 2 heterocycles. The molecule has 5 rings (SSSR count). The molecule has 5 fully saturated rings. The van der Waals surface area contributed by atoms with Gasteiger partial charge in [0.2, 0.25) is 11.6 Å². The SMILES string of the molecule is CC1CC2CC(C)C3(OOC4(CCC5(CC4)OCC(CO)(CO)CP5)O3)C(C1)C2. The third kappa shape index (κ3) is 3.42. The Kier molecular flexibility index (Phi) is 5.35. The Hall–Kier alpha value is 0.190. The van der Waals surface area contributed by atoms with Gasteiger partial charge >= 0.3 is 0 Å². The highest BCUT2D eigenvalue weighted by Crippen LogP contribution is 2.60. The van der Waals surface area contributed by atoms with Crippen LogP contribution in [0.4, 0.5) is 0 Å². The van der Waals surface area contributed by atoms with E-state index in [9.17, 15) is 10.2 Å². The minimum absolute atomic E-state index is 0.0161. The van der Waals surface area contributed by atoms with Crippen molar-refractivity contribution in [2.75, 3.05) is 26.0 Å². The van der Waals surface area contributed by atoms with Crippen molar-refractivity contribution in [3.63, 3.8) is 0 Å². The summed E-state index contributed by atoms with van der Waals surface area (Å²) in [6.07, 6.45) is 9.04. The maximum absolute atomic E-state index is 9.66. The van der Waals surface area contributed by atoms with Gasteiger partial charge in [-0.05, 0) is 56.5 Å². The van der Waals surface area contributed by atoms with E-state index in [1.165, 1.54) is 25.7 Å². The zero-order valence-electron chi connectivity index (χ0n) is 17.8. The Labute approximate surface area is 175 Å². The average molecular weight is 429 g/mol. The molecule has 29 heavy (non-hydrogen) atoms. The summed E-state index contributed by atoms with van der Waals surface area (Å²) in [5, 5.41) is 19.2. The molecular formula is C22H37O6P. The summed E-state index contributed by atoms with van der Waals surface area (Å²) >= 11 is 0. The molecule has 0 amide bonds. The van der Waals surface area contributed by atoms with Gasteiger partial charge in [0.15, 0.2) is 0 Å².